The first kappa shape index (κ1) is 9.65. The highest BCUT2D eigenvalue weighted by atomic mass is 15.2. The highest BCUT2D eigenvalue weighted by molar-refractivity contribution is 4.85. The molecular formula is C10H18N4. The molecule has 2 unspecified atom stereocenters. The van der Waals surface area contributed by atoms with E-state index in [4.69, 9.17) is 0 Å². The molecule has 4 nitrogen and oxygen atoms in total. The summed E-state index contributed by atoms with van der Waals surface area (Å²) in [5.41, 5.74) is 0. The zero-order chi connectivity index (χ0) is 9.80. The van der Waals surface area contributed by atoms with Gasteiger partial charge >= 0.3 is 0 Å². The molecule has 1 fully saturated rings. The van der Waals surface area contributed by atoms with E-state index in [-0.39, 0.29) is 0 Å². The van der Waals surface area contributed by atoms with Gasteiger partial charge in [0.1, 0.15) is 12.2 Å². The summed E-state index contributed by atoms with van der Waals surface area (Å²) < 4.78 is 0. The Morgan fingerprint density at radius 3 is 3.21 bits per heavy atom. The minimum absolute atomic E-state index is 0.691. The molecule has 0 radical (unpaired) electrons. The van der Waals surface area contributed by atoms with E-state index in [1.165, 1.54) is 19.4 Å². The molecule has 1 aliphatic heterocycles. The number of H-pyrrole nitrogens is 1. The van der Waals surface area contributed by atoms with Gasteiger partial charge in [-0.2, -0.15) is 5.10 Å². The van der Waals surface area contributed by atoms with E-state index in [9.17, 15) is 0 Å². The van der Waals surface area contributed by atoms with Crippen molar-refractivity contribution >= 4 is 0 Å². The third kappa shape index (κ3) is 2.32. The molecule has 4 heteroatoms. The number of nitrogens with zero attached hydrogens (tertiary/aromatic N) is 2. The molecule has 2 heterocycles. The van der Waals surface area contributed by atoms with Gasteiger partial charge in [0, 0.05) is 6.42 Å². The highest BCUT2D eigenvalue weighted by Gasteiger charge is 2.20. The van der Waals surface area contributed by atoms with E-state index in [0.29, 0.717) is 5.92 Å². The number of nitrogens with one attached hydrogen (secondary N) is 2. The van der Waals surface area contributed by atoms with Crippen LogP contribution < -0.4 is 5.32 Å². The largest absolute Gasteiger partial charge is 0.316 e. The van der Waals surface area contributed by atoms with Crippen molar-refractivity contribution in [2.75, 3.05) is 13.1 Å². The van der Waals surface area contributed by atoms with Crippen LogP contribution in [0.25, 0.3) is 0 Å². The number of aromatic amines is 1. The molecule has 1 aromatic heterocycles. The Morgan fingerprint density at radius 2 is 2.57 bits per heavy atom. The lowest BCUT2D eigenvalue weighted by Gasteiger charge is -2.27. The van der Waals surface area contributed by atoms with E-state index in [0.717, 1.165) is 24.7 Å². The van der Waals surface area contributed by atoms with Gasteiger partial charge in [-0.1, -0.05) is 6.92 Å². The number of piperidine rings is 1. The molecule has 0 spiro atoms. The van der Waals surface area contributed by atoms with Crippen LogP contribution in [0.15, 0.2) is 6.33 Å². The average Bonchev–Trinajstić information content (AvgIpc) is 2.72. The van der Waals surface area contributed by atoms with Gasteiger partial charge in [-0.3, -0.25) is 5.10 Å². The van der Waals surface area contributed by atoms with Crippen molar-refractivity contribution in [1.29, 1.82) is 0 Å². The van der Waals surface area contributed by atoms with Crippen LogP contribution in [-0.2, 0) is 6.42 Å². The van der Waals surface area contributed by atoms with Crippen molar-refractivity contribution in [3.63, 3.8) is 0 Å². The van der Waals surface area contributed by atoms with E-state index in [1.807, 2.05) is 0 Å². The summed E-state index contributed by atoms with van der Waals surface area (Å²) in [5, 5.41) is 10.2. The van der Waals surface area contributed by atoms with Gasteiger partial charge in [-0.25, -0.2) is 4.98 Å². The zero-order valence-electron chi connectivity index (χ0n) is 8.66. The van der Waals surface area contributed by atoms with E-state index in [2.05, 4.69) is 27.4 Å². The summed E-state index contributed by atoms with van der Waals surface area (Å²) in [6.45, 7) is 4.65. The van der Waals surface area contributed by atoms with E-state index >= 15 is 0 Å². The Morgan fingerprint density at radius 1 is 1.64 bits per heavy atom. The van der Waals surface area contributed by atoms with Crippen LogP contribution in [0.5, 0.6) is 0 Å². The van der Waals surface area contributed by atoms with Crippen LogP contribution >= 0.6 is 0 Å². The molecule has 78 valence electrons. The second-order valence-electron chi connectivity index (χ2n) is 4.22. The molecule has 1 saturated heterocycles. The van der Waals surface area contributed by atoms with Crippen LogP contribution in [0.1, 0.15) is 25.6 Å². The molecule has 14 heavy (non-hydrogen) atoms. The van der Waals surface area contributed by atoms with Crippen LogP contribution in [0.3, 0.4) is 0 Å². The summed E-state index contributed by atoms with van der Waals surface area (Å²) >= 11 is 0. The van der Waals surface area contributed by atoms with Crippen LogP contribution in [-0.4, -0.2) is 28.3 Å². The van der Waals surface area contributed by atoms with Crippen LogP contribution in [0.4, 0.5) is 0 Å². The first-order valence-electron chi connectivity index (χ1n) is 5.41. The van der Waals surface area contributed by atoms with Crippen molar-refractivity contribution in [1.82, 2.24) is 20.5 Å². The maximum Gasteiger partial charge on any atom is 0.137 e. The number of rotatable bonds is 3. The van der Waals surface area contributed by atoms with Gasteiger partial charge in [0.05, 0.1) is 0 Å². The summed E-state index contributed by atoms with van der Waals surface area (Å²) in [5.74, 6) is 2.51. The molecule has 0 saturated carbocycles. The average molecular weight is 194 g/mol. The molecule has 0 aromatic carbocycles. The van der Waals surface area contributed by atoms with Crippen LogP contribution in [0.2, 0.25) is 0 Å². The van der Waals surface area contributed by atoms with Gasteiger partial charge in [0.25, 0.3) is 0 Å². The Hall–Kier alpha value is -0.900. The van der Waals surface area contributed by atoms with Gasteiger partial charge in [0.2, 0.25) is 0 Å². The molecule has 2 N–H and O–H groups in total. The topological polar surface area (TPSA) is 53.6 Å². The molecular weight excluding hydrogens is 176 g/mol. The first-order chi connectivity index (χ1) is 6.86. The van der Waals surface area contributed by atoms with Gasteiger partial charge < -0.3 is 5.32 Å². The molecule has 0 aliphatic carbocycles. The molecule has 0 bridgehead atoms. The third-order valence-electron chi connectivity index (χ3n) is 3.12. The van der Waals surface area contributed by atoms with E-state index in [1.54, 1.807) is 6.33 Å². The van der Waals surface area contributed by atoms with Crippen molar-refractivity contribution in [2.24, 2.45) is 11.8 Å². The maximum atomic E-state index is 4.16. The lowest BCUT2D eigenvalue weighted by molar-refractivity contribution is 0.276. The van der Waals surface area contributed by atoms with E-state index < -0.39 is 0 Å². The Labute approximate surface area is 84.5 Å². The van der Waals surface area contributed by atoms with Gasteiger partial charge in [0.15, 0.2) is 0 Å². The lowest BCUT2D eigenvalue weighted by Crippen LogP contribution is -2.34. The number of hydrogen-bond donors (Lipinski definition) is 2. The fourth-order valence-electron chi connectivity index (χ4n) is 2.17. The van der Waals surface area contributed by atoms with Gasteiger partial charge in [-0.05, 0) is 37.8 Å². The Kier molecular flexibility index (Phi) is 3.14. The molecule has 2 rings (SSSR count). The molecule has 2 atom stereocenters. The van der Waals surface area contributed by atoms with Crippen LogP contribution in [0, 0.1) is 11.8 Å². The first-order valence-corrected chi connectivity index (χ1v) is 5.41. The standard InChI is InChI=1S/C10H18N4/c1-8(5-10-12-7-13-14-10)9-3-2-4-11-6-9/h7-9,11H,2-6H2,1H3,(H,12,13,14). The summed E-state index contributed by atoms with van der Waals surface area (Å²) in [6, 6.07) is 0. The summed E-state index contributed by atoms with van der Waals surface area (Å²) in [4.78, 5) is 4.16. The lowest BCUT2D eigenvalue weighted by atomic mass is 9.85. The SMILES string of the molecule is CC(Cc1ncn[nH]1)C1CCCNC1. The minimum atomic E-state index is 0.691. The van der Waals surface area contributed by atoms with Crippen molar-refractivity contribution in [3.8, 4) is 0 Å². The van der Waals surface area contributed by atoms with Crippen molar-refractivity contribution < 1.29 is 0 Å². The van der Waals surface area contributed by atoms with Crippen molar-refractivity contribution in [3.05, 3.63) is 12.2 Å². The fraction of sp³-hybridized carbons (Fsp3) is 0.800. The smallest absolute Gasteiger partial charge is 0.137 e. The number of aromatic nitrogens is 3. The number of hydrogen-bond acceptors (Lipinski definition) is 3. The normalized spacial score (nSPS) is 24.8. The predicted molar refractivity (Wildman–Crippen MR) is 54.8 cm³/mol. The third-order valence-corrected chi connectivity index (χ3v) is 3.12. The monoisotopic (exact) mass is 194 g/mol. The van der Waals surface area contributed by atoms with Crippen molar-refractivity contribution in [2.45, 2.75) is 26.2 Å². The zero-order valence-corrected chi connectivity index (χ0v) is 8.66. The molecule has 1 aromatic rings. The highest BCUT2D eigenvalue weighted by Crippen LogP contribution is 2.21. The van der Waals surface area contributed by atoms with Gasteiger partial charge in [-0.15, -0.1) is 0 Å². The second kappa shape index (κ2) is 4.55. The fourth-order valence-corrected chi connectivity index (χ4v) is 2.17. The predicted octanol–water partition coefficient (Wildman–Crippen LogP) is 0.983. The quantitative estimate of drug-likeness (QED) is 0.754. The summed E-state index contributed by atoms with van der Waals surface area (Å²) in [6.07, 6.45) is 5.27. The second-order valence-corrected chi connectivity index (χ2v) is 4.22. The Bertz CT molecular complexity index is 251. The Balaban J connectivity index is 1.85. The molecule has 1 aliphatic rings. The maximum absolute atomic E-state index is 4.16. The minimum Gasteiger partial charge on any atom is -0.316 e. The molecule has 0 amide bonds. The summed E-state index contributed by atoms with van der Waals surface area (Å²) in [7, 11) is 0.